The smallest absolute Gasteiger partial charge is 0.222 e. The summed E-state index contributed by atoms with van der Waals surface area (Å²) in [7, 11) is 0. The van der Waals surface area contributed by atoms with Gasteiger partial charge in [-0.2, -0.15) is 0 Å². The van der Waals surface area contributed by atoms with Gasteiger partial charge in [-0.3, -0.25) is 4.79 Å². The van der Waals surface area contributed by atoms with Gasteiger partial charge >= 0.3 is 0 Å². The molecule has 25 heavy (non-hydrogen) atoms. The summed E-state index contributed by atoms with van der Waals surface area (Å²) in [6, 6.07) is 14.2. The Balaban J connectivity index is 1.34. The summed E-state index contributed by atoms with van der Waals surface area (Å²) in [6.07, 6.45) is 4.93. The van der Waals surface area contributed by atoms with Crippen molar-refractivity contribution in [3.63, 3.8) is 0 Å². The molecule has 0 aliphatic carbocycles. The van der Waals surface area contributed by atoms with Gasteiger partial charge in [-0.1, -0.05) is 35.5 Å². The lowest BCUT2D eigenvalue weighted by atomic mass is 10.0. The van der Waals surface area contributed by atoms with Crippen molar-refractivity contribution in [3.8, 4) is 0 Å². The highest BCUT2D eigenvalue weighted by atomic mass is 16.2. The number of rotatable bonds is 4. The number of pyridine rings is 1. The number of nitrogens with zero attached hydrogens (tertiary/aromatic N) is 5. The van der Waals surface area contributed by atoms with E-state index in [1.807, 2.05) is 39.9 Å². The van der Waals surface area contributed by atoms with Crippen molar-refractivity contribution in [3.05, 3.63) is 54.2 Å². The molecule has 1 aliphatic rings. The van der Waals surface area contributed by atoms with Crippen molar-refractivity contribution in [1.82, 2.24) is 24.9 Å². The molecule has 6 nitrogen and oxygen atoms in total. The van der Waals surface area contributed by atoms with Crippen LogP contribution in [-0.4, -0.2) is 43.9 Å². The molecule has 1 aromatic carbocycles. The fraction of sp³-hybridized carbons (Fsp3) is 0.368. The van der Waals surface area contributed by atoms with Gasteiger partial charge in [-0.05, 0) is 37.0 Å². The zero-order chi connectivity index (χ0) is 17.1. The fourth-order valence-electron chi connectivity index (χ4n) is 3.44. The number of aryl methyl sites for hydroxylation is 1. The molecular weight excluding hydrogens is 314 g/mol. The lowest BCUT2D eigenvalue weighted by Crippen LogP contribution is -2.39. The van der Waals surface area contributed by atoms with E-state index in [2.05, 4.69) is 27.4 Å². The quantitative estimate of drug-likeness (QED) is 0.735. The Morgan fingerprint density at radius 3 is 2.68 bits per heavy atom. The highest BCUT2D eigenvalue weighted by molar-refractivity contribution is 5.76. The highest BCUT2D eigenvalue weighted by Gasteiger charge is 2.25. The van der Waals surface area contributed by atoms with E-state index in [9.17, 15) is 4.79 Å². The normalized spacial score (nSPS) is 15.6. The van der Waals surface area contributed by atoms with E-state index >= 15 is 0 Å². The summed E-state index contributed by atoms with van der Waals surface area (Å²) in [5.41, 5.74) is 2.87. The minimum Gasteiger partial charge on any atom is -0.343 e. The molecule has 0 bridgehead atoms. The number of piperidine rings is 1. The molecule has 1 aliphatic heterocycles. The summed E-state index contributed by atoms with van der Waals surface area (Å²) in [5.74, 6) is 0.240. The molecule has 6 heteroatoms. The second-order valence-electron chi connectivity index (χ2n) is 6.48. The molecule has 0 radical (unpaired) electrons. The van der Waals surface area contributed by atoms with Gasteiger partial charge in [0.1, 0.15) is 5.52 Å². The number of hydrogen-bond donors (Lipinski definition) is 0. The Hall–Kier alpha value is -2.76. The van der Waals surface area contributed by atoms with Crippen LogP contribution < -0.4 is 0 Å². The first-order chi connectivity index (χ1) is 12.3. The molecule has 1 amide bonds. The van der Waals surface area contributed by atoms with Gasteiger partial charge in [0, 0.05) is 25.7 Å². The topological polar surface area (TPSA) is 63.9 Å². The van der Waals surface area contributed by atoms with Crippen LogP contribution in [0.4, 0.5) is 0 Å². The van der Waals surface area contributed by atoms with Gasteiger partial charge in [0.25, 0.3) is 0 Å². The number of carbonyl (C=O) groups is 1. The van der Waals surface area contributed by atoms with Gasteiger partial charge in [0.05, 0.1) is 6.04 Å². The number of amides is 1. The molecular formula is C19H21N5O. The zero-order valence-electron chi connectivity index (χ0n) is 14.1. The minimum absolute atomic E-state index is 0.240. The zero-order valence-corrected chi connectivity index (χ0v) is 14.1. The van der Waals surface area contributed by atoms with Gasteiger partial charge in [-0.15, -0.1) is 5.10 Å². The Bertz CT molecular complexity index is 852. The maximum atomic E-state index is 12.5. The molecule has 0 atom stereocenters. The average molecular weight is 335 g/mol. The maximum Gasteiger partial charge on any atom is 0.222 e. The van der Waals surface area contributed by atoms with Crippen molar-refractivity contribution in [2.45, 2.75) is 31.7 Å². The van der Waals surface area contributed by atoms with Crippen LogP contribution in [0.2, 0.25) is 0 Å². The van der Waals surface area contributed by atoms with E-state index in [4.69, 9.17) is 0 Å². The van der Waals surface area contributed by atoms with Crippen molar-refractivity contribution in [2.75, 3.05) is 13.1 Å². The predicted molar refractivity (Wildman–Crippen MR) is 94.9 cm³/mol. The molecule has 0 saturated carbocycles. The van der Waals surface area contributed by atoms with E-state index in [1.165, 1.54) is 5.56 Å². The first kappa shape index (κ1) is 15.7. The largest absolute Gasteiger partial charge is 0.343 e. The number of likely N-dealkylation sites (tertiary alicyclic amines) is 1. The molecule has 2 aromatic heterocycles. The Morgan fingerprint density at radius 1 is 1.08 bits per heavy atom. The van der Waals surface area contributed by atoms with Crippen LogP contribution in [0.25, 0.3) is 11.2 Å². The monoisotopic (exact) mass is 335 g/mol. The first-order valence-electron chi connectivity index (χ1n) is 8.79. The third-order valence-electron chi connectivity index (χ3n) is 4.87. The number of carbonyl (C=O) groups excluding carboxylic acids is 1. The molecule has 3 aromatic rings. The highest BCUT2D eigenvalue weighted by Crippen LogP contribution is 2.24. The predicted octanol–water partition coefficient (Wildman–Crippen LogP) is 2.62. The van der Waals surface area contributed by atoms with Crippen LogP contribution in [-0.2, 0) is 11.2 Å². The maximum absolute atomic E-state index is 12.5. The van der Waals surface area contributed by atoms with Gasteiger partial charge in [0.15, 0.2) is 5.65 Å². The summed E-state index contributed by atoms with van der Waals surface area (Å²) < 4.78 is 1.92. The van der Waals surface area contributed by atoms with Gasteiger partial charge in [-0.25, -0.2) is 9.67 Å². The second kappa shape index (κ2) is 7.01. The number of hydrogen-bond acceptors (Lipinski definition) is 4. The van der Waals surface area contributed by atoms with Crippen LogP contribution in [0, 0.1) is 0 Å². The first-order valence-corrected chi connectivity index (χ1v) is 8.79. The van der Waals surface area contributed by atoms with Crippen molar-refractivity contribution in [2.24, 2.45) is 0 Å². The molecule has 4 rings (SSSR count). The van der Waals surface area contributed by atoms with Crippen LogP contribution in [0.1, 0.15) is 30.9 Å². The summed E-state index contributed by atoms with van der Waals surface area (Å²) in [4.78, 5) is 18.8. The van der Waals surface area contributed by atoms with Crippen LogP contribution in [0.3, 0.4) is 0 Å². The average Bonchev–Trinajstić information content (AvgIpc) is 3.11. The molecule has 128 valence electrons. The molecule has 0 unspecified atom stereocenters. The third-order valence-corrected chi connectivity index (χ3v) is 4.87. The van der Waals surface area contributed by atoms with Crippen LogP contribution in [0.15, 0.2) is 48.7 Å². The molecule has 1 saturated heterocycles. The van der Waals surface area contributed by atoms with Gasteiger partial charge < -0.3 is 4.90 Å². The van der Waals surface area contributed by atoms with Crippen molar-refractivity contribution in [1.29, 1.82) is 0 Å². The molecule has 3 heterocycles. The number of aromatic nitrogens is 4. The Kier molecular flexibility index (Phi) is 4.41. The van der Waals surface area contributed by atoms with Gasteiger partial charge in [0.2, 0.25) is 5.91 Å². The Morgan fingerprint density at radius 2 is 1.88 bits per heavy atom. The second-order valence-corrected chi connectivity index (χ2v) is 6.48. The third kappa shape index (κ3) is 3.38. The standard InChI is InChI=1S/C19H21N5O/c25-18(9-8-15-5-2-1-3-6-15)23-13-10-16(11-14-23)24-19-17(21-22-24)7-4-12-20-19/h1-7,12,16H,8-11,13-14H2. The molecule has 1 fully saturated rings. The molecule has 0 spiro atoms. The summed E-state index contributed by atoms with van der Waals surface area (Å²) in [6.45, 7) is 1.54. The van der Waals surface area contributed by atoms with E-state index in [0.717, 1.165) is 43.5 Å². The summed E-state index contributed by atoms with van der Waals surface area (Å²) >= 11 is 0. The fourth-order valence-corrected chi connectivity index (χ4v) is 3.44. The van der Waals surface area contributed by atoms with E-state index in [0.29, 0.717) is 6.42 Å². The summed E-state index contributed by atoms with van der Waals surface area (Å²) in [5, 5.41) is 8.45. The van der Waals surface area contributed by atoms with Crippen LogP contribution in [0.5, 0.6) is 0 Å². The van der Waals surface area contributed by atoms with Crippen molar-refractivity contribution >= 4 is 17.1 Å². The van der Waals surface area contributed by atoms with Crippen molar-refractivity contribution < 1.29 is 4.79 Å². The molecule has 0 N–H and O–H groups in total. The lowest BCUT2D eigenvalue weighted by Gasteiger charge is -2.32. The SMILES string of the molecule is O=C(CCc1ccccc1)N1CCC(n2nnc3cccnc32)CC1. The van der Waals surface area contributed by atoms with E-state index < -0.39 is 0 Å². The number of fused-ring (bicyclic) bond motifs is 1. The number of benzene rings is 1. The minimum atomic E-state index is 0.240. The lowest BCUT2D eigenvalue weighted by molar-refractivity contribution is -0.132. The van der Waals surface area contributed by atoms with E-state index in [-0.39, 0.29) is 11.9 Å². The van der Waals surface area contributed by atoms with Crippen LogP contribution >= 0.6 is 0 Å². The van der Waals surface area contributed by atoms with E-state index in [1.54, 1.807) is 6.20 Å². The Labute approximate surface area is 146 Å².